The first-order valence-electron chi connectivity index (χ1n) is 14.4. The van der Waals surface area contributed by atoms with Crippen molar-refractivity contribution in [3.05, 3.63) is 65.4 Å². The number of nitrogens with zero attached hydrogens (tertiary/aromatic N) is 4. The molecule has 0 unspecified atom stereocenters. The van der Waals surface area contributed by atoms with Gasteiger partial charge in [0.05, 0.1) is 11.1 Å². The number of piperazine rings is 1. The summed E-state index contributed by atoms with van der Waals surface area (Å²) in [5.41, 5.74) is 1.90. The Hall–Kier alpha value is -3.79. The van der Waals surface area contributed by atoms with Gasteiger partial charge in [0, 0.05) is 74.8 Å². The van der Waals surface area contributed by atoms with Crippen LogP contribution in [0.2, 0.25) is 0 Å². The molecular weight excluding hydrogens is 530 g/mol. The van der Waals surface area contributed by atoms with Gasteiger partial charge in [-0.05, 0) is 55.3 Å². The predicted octanol–water partition coefficient (Wildman–Crippen LogP) is 4.90. The second-order valence-corrected chi connectivity index (χ2v) is 11.4. The highest BCUT2D eigenvalue weighted by Gasteiger charge is 2.37. The van der Waals surface area contributed by atoms with Gasteiger partial charge in [-0.25, -0.2) is 13.6 Å². The van der Waals surface area contributed by atoms with E-state index in [4.69, 9.17) is 0 Å². The normalized spacial score (nSPS) is 20.0. The fourth-order valence-corrected chi connectivity index (χ4v) is 6.50. The van der Waals surface area contributed by atoms with Crippen LogP contribution in [0, 0.1) is 0 Å². The fraction of sp³-hybridized carbons (Fsp3) is 0.452. The molecule has 3 aliphatic rings. The van der Waals surface area contributed by atoms with Gasteiger partial charge in [0.15, 0.2) is 0 Å². The number of hydrogen-bond donors (Lipinski definition) is 1. The Labute approximate surface area is 237 Å². The second-order valence-electron chi connectivity index (χ2n) is 11.4. The number of likely N-dealkylation sites (tertiary alicyclic amines) is 1. The predicted molar refractivity (Wildman–Crippen MR) is 150 cm³/mol. The van der Waals surface area contributed by atoms with E-state index < -0.39 is 30.6 Å². The van der Waals surface area contributed by atoms with E-state index in [1.165, 1.54) is 42.7 Å². The first kappa shape index (κ1) is 27.4. The quantitative estimate of drug-likeness (QED) is 0.477. The molecular formula is C31H34F2N4O4. The number of carbonyl (C=O) groups is 3. The number of piperidine rings is 1. The summed E-state index contributed by atoms with van der Waals surface area (Å²) >= 11 is 0. The van der Waals surface area contributed by atoms with Crippen molar-refractivity contribution in [2.45, 2.75) is 50.5 Å². The summed E-state index contributed by atoms with van der Waals surface area (Å²) in [6.45, 7) is 2.92. The number of carboxylic acid groups (broad SMARTS) is 1. The maximum atomic E-state index is 13.8. The van der Waals surface area contributed by atoms with Gasteiger partial charge in [-0.1, -0.05) is 18.9 Å². The molecule has 1 aliphatic carbocycles. The van der Waals surface area contributed by atoms with Crippen LogP contribution < -0.4 is 0 Å². The van der Waals surface area contributed by atoms with E-state index in [1.54, 1.807) is 41.0 Å². The van der Waals surface area contributed by atoms with Crippen LogP contribution in [0.1, 0.15) is 69.7 Å². The average molecular weight is 565 g/mol. The number of aromatic carboxylic acids is 1. The third kappa shape index (κ3) is 5.45. The summed E-state index contributed by atoms with van der Waals surface area (Å²) in [6, 6.07) is 13.8. The van der Waals surface area contributed by atoms with E-state index in [-0.39, 0.29) is 30.3 Å². The highest BCUT2D eigenvalue weighted by Crippen LogP contribution is 2.32. The molecule has 6 rings (SSSR count). The average Bonchev–Trinajstić information content (AvgIpc) is 3.65. The summed E-state index contributed by atoms with van der Waals surface area (Å²) in [7, 11) is 0. The van der Waals surface area contributed by atoms with Gasteiger partial charge in [-0.3, -0.25) is 14.5 Å². The molecule has 3 aromatic rings. The van der Waals surface area contributed by atoms with Crippen LogP contribution in [0.25, 0.3) is 16.6 Å². The molecule has 41 heavy (non-hydrogen) atoms. The number of carboxylic acids is 1. The molecule has 1 N–H and O–H groups in total. The van der Waals surface area contributed by atoms with E-state index in [2.05, 4.69) is 4.90 Å². The molecule has 3 heterocycles. The van der Waals surface area contributed by atoms with Crippen LogP contribution in [0.5, 0.6) is 0 Å². The lowest BCUT2D eigenvalue weighted by Crippen LogP contribution is -2.51. The SMILES string of the molecule is O=C(O)c1cccc(-n2c(C(=O)N3CCC(F)(F)CC3)cc3cc(C(=O)N4CCN(C5CCCC5)CC4)ccc32)c1. The zero-order chi connectivity index (χ0) is 28.7. The second kappa shape index (κ2) is 10.9. The van der Waals surface area contributed by atoms with Crippen molar-refractivity contribution in [2.24, 2.45) is 0 Å². The number of halogens is 2. The maximum Gasteiger partial charge on any atom is 0.335 e. The number of aromatic nitrogens is 1. The van der Waals surface area contributed by atoms with Crippen LogP contribution in [-0.4, -0.2) is 93.4 Å². The lowest BCUT2D eigenvalue weighted by Gasteiger charge is -2.38. The zero-order valence-electron chi connectivity index (χ0n) is 22.9. The van der Waals surface area contributed by atoms with Crippen LogP contribution in [0.3, 0.4) is 0 Å². The van der Waals surface area contributed by atoms with Crippen molar-refractivity contribution < 1.29 is 28.3 Å². The van der Waals surface area contributed by atoms with Gasteiger partial charge >= 0.3 is 5.97 Å². The molecule has 3 fully saturated rings. The standard InChI is InChI=1S/C31H34F2N4O4/c32-31(33)10-12-35(13-11-31)29(39)27-20-23-18-21(28(38)36-16-14-34(15-17-36)24-5-1-2-6-24)8-9-26(23)37(27)25-7-3-4-22(19-25)30(40)41/h3-4,7-9,18-20,24H,1-2,5-6,10-17H2,(H,40,41). The smallest absolute Gasteiger partial charge is 0.335 e. The van der Waals surface area contributed by atoms with Crippen molar-refractivity contribution in [3.63, 3.8) is 0 Å². The van der Waals surface area contributed by atoms with Gasteiger partial charge in [0.1, 0.15) is 5.69 Å². The number of amides is 2. The Morgan fingerprint density at radius 3 is 2.15 bits per heavy atom. The van der Waals surface area contributed by atoms with Crippen LogP contribution in [0.15, 0.2) is 48.5 Å². The Bertz CT molecular complexity index is 1480. The molecule has 216 valence electrons. The van der Waals surface area contributed by atoms with Gasteiger partial charge in [0.25, 0.3) is 17.7 Å². The van der Waals surface area contributed by atoms with Gasteiger partial charge < -0.3 is 19.5 Å². The summed E-state index contributed by atoms with van der Waals surface area (Å²) in [5, 5.41) is 10.2. The van der Waals surface area contributed by atoms with E-state index >= 15 is 0 Å². The molecule has 0 radical (unpaired) electrons. The first-order valence-corrected chi connectivity index (χ1v) is 14.4. The van der Waals surface area contributed by atoms with E-state index in [0.29, 0.717) is 41.3 Å². The molecule has 0 bridgehead atoms. The van der Waals surface area contributed by atoms with Crippen molar-refractivity contribution in [2.75, 3.05) is 39.3 Å². The third-order valence-corrected chi connectivity index (χ3v) is 8.84. The lowest BCUT2D eigenvalue weighted by atomic mass is 10.1. The monoisotopic (exact) mass is 564 g/mol. The molecule has 2 saturated heterocycles. The van der Waals surface area contributed by atoms with Crippen LogP contribution in [-0.2, 0) is 0 Å². The number of carbonyl (C=O) groups excluding carboxylic acids is 2. The Kier molecular flexibility index (Phi) is 7.27. The minimum absolute atomic E-state index is 0.0592. The van der Waals surface area contributed by atoms with E-state index in [0.717, 1.165) is 13.1 Å². The summed E-state index contributed by atoms with van der Waals surface area (Å²) in [4.78, 5) is 44.6. The zero-order valence-corrected chi connectivity index (χ0v) is 22.9. The number of rotatable bonds is 5. The summed E-state index contributed by atoms with van der Waals surface area (Å²) in [5.74, 6) is -4.37. The molecule has 2 amide bonds. The maximum absolute atomic E-state index is 13.8. The van der Waals surface area contributed by atoms with Crippen molar-refractivity contribution in [3.8, 4) is 5.69 Å². The number of alkyl halides is 2. The minimum atomic E-state index is -2.79. The largest absolute Gasteiger partial charge is 0.478 e. The Morgan fingerprint density at radius 1 is 0.780 bits per heavy atom. The van der Waals surface area contributed by atoms with Crippen LogP contribution >= 0.6 is 0 Å². The molecule has 2 aromatic carbocycles. The highest BCUT2D eigenvalue weighted by molar-refractivity contribution is 6.03. The number of hydrogen-bond acceptors (Lipinski definition) is 4. The fourth-order valence-electron chi connectivity index (χ4n) is 6.50. The molecule has 1 saturated carbocycles. The van der Waals surface area contributed by atoms with Gasteiger partial charge in [-0.15, -0.1) is 0 Å². The third-order valence-electron chi connectivity index (χ3n) is 8.84. The lowest BCUT2D eigenvalue weighted by molar-refractivity contribution is -0.0495. The summed E-state index contributed by atoms with van der Waals surface area (Å²) < 4.78 is 29.3. The van der Waals surface area contributed by atoms with Gasteiger partial charge in [0.2, 0.25) is 0 Å². The summed E-state index contributed by atoms with van der Waals surface area (Å²) in [6.07, 6.45) is 4.22. The number of benzene rings is 2. The molecule has 0 atom stereocenters. The Morgan fingerprint density at radius 2 is 1.46 bits per heavy atom. The van der Waals surface area contributed by atoms with Gasteiger partial charge in [-0.2, -0.15) is 0 Å². The highest BCUT2D eigenvalue weighted by atomic mass is 19.3. The van der Waals surface area contributed by atoms with E-state index in [1.807, 2.05) is 4.90 Å². The van der Waals surface area contributed by atoms with Crippen molar-refractivity contribution in [1.82, 2.24) is 19.3 Å². The number of fused-ring (bicyclic) bond motifs is 1. The molecule has 0 spiro atoms. The van der Waals surface area contributed by atoms with E-state index in [9.17, 15) is 28.3 Å². The van der Waals surface area contributed by atoms with Crippen molar-refractivity contribution in [1.29, 1.82) is 0 Å². The topological polar surface area (TPSA) is 86.1 Å². The first-order chi connectivity index (χ1) is 19.7. The molecule has 10 heteroatoms. The molecule has 2 aliphatic heterocycles. The minimum Gasteiger partial charge on any atom is -0.478 e. The molecule has 8 nitrogen and oxygen atoms in total. The molecule has 1 aromatic heterocycles. The van der Waals surface area contributed by atoms with Crippen LogP contribution in [0.4, 0.5) is 8.78 Å². The van der Waals surface area contributed by atoms with Crippen molar-refractivity contribution >= 4 is 28.7 Å². The Balaban J connectivity index is 1.32.